The molecule has 10 heteroatoms. The summed E-state index contributed by atoms with van der Waals surface area (Å²) >= 11 is 1.36. The number of nitrogens with zero attached hydrogens (tertiary/aromatic N) is 3. The van der Waals surface area contributed by atoms with Crippen LogP contribution in [0.25, 0.3) is 10.2 Å². The molecule has 1 amide bonds. The zero-order valence-corrected chi connectivity index (χ0v) is 16.1. The van der Waals surface area contributed by atoms with Gasteiger partial charge in [-0.1, -0.05) is 17.8 Å². The number of hydrogen-bond acceptors (Lipinski definition) is 6. The quantitative estimate of drug-likeness (QED) is 0.760. The monoisotopic (exact) mass is 397 g/mol. The number of fused-ring (bicyclic) bond motifs is 2. The molecule has 1 aromatic heterocycles. The molecule has 8 nitrogen and oxygen atoms in total. The second-order valence-corrected chi connectivity index (χ2v) is 9.40. The Morgan fingerprint density at radius 1 is 1.27 bits per heavy atom. The summed E-state index contributed by atoms with van der Waals surface area (Å²) in [4.78, 5) is 17.5. The lowest BCUT2D eigenvalue weighted by atomic mass is 10.0. The third-order valence-corrected chi connectivity index (χ3v) is 7.06. The number of hydrogen-bond donors (Lipinski definition) is 0. The first-order valence-electron chi connectivity index (χ1n) is 8.29. The van der Waals surface area contributed by atoms with Gasteiger partial charge in [-0.05, 0) is 12.8 Å². The number of carbonyl (C=O) groups is 1. The summed E-state index contributed by atoms with van der Waals surface area (Å²) in [6.07, 6.45) is 3.22. The van der Waals surface area contributed by atoms with Crippen molar-refractivity contribution >= 4 is 37.5 Å². The van der Waals surface area contributed by atoms with Gasteiger partial charge in [-0.3, -0.25) is 4.79 Å². The van der Waals surface area contributed by atoms with Crippen molar-refractivity contribution in [2.45, 2.75) is 25.3 Å². The van der Waals surface area contributed by atoms with Crippen LogP contribution in [0.1, 0.15) is 19.3 Å². The molecule has 0 N–H and O–H groups in total. The molecule has 0 radical (unpaired) electrons. The molecule has 1 fully saturated rings. The molecule has 1 atom stereocenters. The molecule has 2 aliphatic heterocycles. The Kier molecular flexibility index (Phi) is 4.28. The van der Waals surface area contributed by atoms with Gasteiger partial charge in [0.1, 0.15) is 6.04 Å². The van der Waals surface area contributed by atoms with Crippen LogP contribution in [-0.4, -0.2) is 48.8 Å². The van der Waals surface area contributed by atoms with E-state index in [-0.39, 0.29) is 6.79 Å². The number of piperidine rings is 1. The van der Waals surface area contributed by atoms with Gasteiger partial charge >= 0.3 is 0 Å². The molecule has 1 aromatic carbocycles. The van der Waals surface area contributed by atoms with E-state index in [1.54, 1.807) is 0 Å². The molecule has 4 rings (SSSR count). The van der Waals surface area contributed by atoms with Crippen molar-refractivity contribution in [3.8, 4) is 11.5 Å². The number of amides is 1. The minimum atomic E-state index is -3.44. The first kappa shape index (κ1) is 17.5. The van der Waals surface area contributed by atoms with Crippen molar-refractivity contribution < 1.29 is 22.7 Å². The van der Waals surface area contributed by atoms with Crippen LogP contribution >= 0.6 is 11.3 Å². The predicted molar refractivity (Wildman–Crippen MR) is 96.7 cm³/mol. The van der Waals surface area contributed by atoms with E-state index in [2.05, 4.69) is 4.99 Å². The highest BCUT2D eigenvalue weighted by molar-refractivity contribution is 7.88. The standard InChI is InChI=1S/C16H19N3O5S2/c1-18-11-7-12-13(24-9-23-12)8-14(11)25-16(18)17-15(20)10-5-3-4-6-19(10)26(2,21)22/h7-8,10H,3-6,9H2,1-2H3/t10-/m1/s1. The van der Waals surface area contributed by atoms with Gasteiger partial charge in [0.15, 0.2) is 16.3 Å². The average Bonchev–Trinajstić information content (AvgIpc) is 3.17. The number of ether oxygens (including phenoxy) is 2. The fourth-order valence-electron chi connectivity index (χ4n) is 3.34. The summed E-state index contributed by atoms with van der Waals surface area (Å²) < 4.78 is 38.7. The topological polar surface area (TPSA) is 90.2 Å². The number of aromatic nitrogens is 1. The number of benzene rings is 1. The highest BCUT2D eigenvalue weighted by Gasteiger charge is 2.34. The molecule has 3 heterocycles. The molecular weight excluding hydrogens is 378 g/mol. The number of aryl methyl sites for hydroxylation is 1. The molecular formula is C16H19N3O5S2. The van der Waals surface area contributed by atoms with Gasteiger partial charge in [0.05, 0.1) is 16.5 Å². The average molecular weight is 397 g/mol. The summed E-state index contributed by atoms with van der Waals surface area (Å²) in [6, 6.07) is 3.01. The molecule has 0 unspecified atom stereocenters. The molecule has 0 bridgehead atoms. The summed E-state index contributed by atoms with van der Waals surface area (Å²) in [5, 5.41) is 0. The van der Waals surface area contributed by atoms with Gasteiger partial charge in [0.2, 0.25) is 16.8 Å². The van der Waals surface area contributed by atoms with Gasteiger partial charge < -0.3 is 14.0 Å². The first-order valence-corrected chi connectivity index (χ1v) is 11.0. The lowest BCUT2D eigenvalue weighted by Gasteiger charge is -2.31. The van der Waals surface area contributed by atoms with Gasteiger partial charge in [-0.25, -0.2) is 8.42 Å². The van der Waals surface area contributed by atoms with E-state index in [1.807, 2.05) is 23.7 Å². The first-order chi connectivity index (χ1) is 12.3. The molecule has 0 saturated carbocycles. The molecule has 0 aliphatic carbocycles. The molecule has 2 aromatic rings. The van der Waals surface area contributed by atoms with E-state index in [4.69, 9.17) is 9.47 Å². The Bertz CT molecular complexity index is 1050. The third-order valence-electron chi connectivity index (χ3n) is 4.67. The minimum Gasteiger partial charge on any atom is -0.454 e. The van der Waals surface area contributed by atoms with Crippen LogP contribution in [0, 0.1) is 0 Å². The molecule has 140 valence electrons. The Labute approximate surface area is 154 Å². The van der Waals surface area contributed by atoms with Crippen LogP contribution in [0.3, 0.4) is 0 Å². The Morgan fingerprint density at radius 3 is 2.73 bits per heavy atom. The molecule has 1 saturated heterocycles. The molecule has 2 aliphatic rings. The van der Waals surface area contributed by atoms with Crippen LogP contribution in [0.5, 0.6) is 11.5 Å². The van der Waals surface area contributed by atoms with E-state index >= 15 is 0 Å². The summed E-state index contributed by atoms with van der Waals surface area (Å²) in [5.74, 6) is 0.921. The van der Waals surface area contributed by atoms with Gasteiger partial charge in [0.25, 0.3) is 5.91 Å². The van der Waals surface area contributed by atoms with Crippen molar-refractivity contribution in [3.63, 3.8) is 0 Å². The second kappa shape index (κ2) is 6.36. The number of sulfonamides is 1. The van der Waals surface area contributed by atoms with E-state index < -0.39 is 22.0 Å². The zero-order valence-electron chi connectivity index (χ0n) is 14.5. The van der Waals surface area contributed by atoms with Crippen molar-refractivity contribution in [3.05, 3.63) is 16.9 Å². The van der Waals surface area contributed by atoms with Crippen LogP contribution in [0.15, 0.2) is 17.1 Å². The van der Waals surface area contributed by atoms with Gasteiger partial charge in [-0.2, -0.15) is 9.30 Å². The van der Waals surface area contributed by atoms with E-state index in [0.29, 0.717) is 29.3 Å². The van der Waals surface area contributed by atoms with Gasteiger partial charge in [0, 0.05) is 25.7 Å². The van der Waals surface area contributed by atoms with Crippen molar-refractivity contribution in [2.75, 3.05) is 19.6 Å². The van der Waals surface area contributed by atoms with E-state index in [1.165, 1.54) is 15.6 Å². The normalized spacial score (nSPS) is 21.5. The summed E-state index contributed by atoms with van der Waals surface area (Å²) in [5.41, 5.74) is 0.884. The van der Waals surface area contributed by atoms with Crippen molar-refractivity contribution in [1.29, 1.82) is 0 Å². The van der Waals surface area contributed by atoms with Crippen LogP contribution < -0.4 is 14.3 Å². The summed E-state index contributed by atoms with van der Waals surface area (Å²) in [7, 11) is -1.62. The van der Waals surface area contributed by atoms with Crippen molar-refractivity contribution in [2.24, 2.45) is 12.0 Å². The Morgan fingerprint density at radius 2 is 2.00 bits per heavy atom. The fraction of sp³-hybridized carbons (Fsp3) is 0.500. The third kappa shape index (κ3) is 3.01. The maximum absolute atomic E-state index is 12.7. The van der Waals surface area contributed by atoms with Crippen LogP contribution in [-0.2, 0) is 21.9 Å². The largest absolute Gasteiger partial charge is 0.454 e. The molecule has 0 spiro atoms. The van der Waals surface area contributed by atoms with Crippen molar-refractivity contribution in [1.82, 2.24) is 8.87 Å². The van der Waals surface area contributed by atoms with E-state index in [0.717, 1.165) is 29.3 Å². The summed E-state index contributed by atoms with van der Waals surface area (Å²) in [6.45, 7) is 0.569. The second-order valence-electron chi connectivity index (χ2n) is 6.45. The highest BCUT2D eigenvalue weighted by Crippen LogP contribution is 2.36. The predicted octanol–water partition coefficient (Wildman–Crippen LogP) is 1.21. The lowest BCUT2D eigenvalue weighted by Crippen LogP contribution is -2.47. The SMILES string of the molecule is Cn1c(=NC(=O)[C@H]2CCCCN2S(C)(=O)=O)sc2cc3c(cc21)OCO3. The Balaban J connectivity index is 1.73. The van der Waals surface area contributed by atoms with Crippen LogP contribution in [0.2, 0.25) is 0 Å². The fourth-order valence-corrected chi connectivity index (χ4v) is 5.49. The number of rotatable bonds is 2. The highest BCUT2D eigenvalue weighted by atomic mass is 32.2. The lowest BCUT2D eigenvalue weighted by molar-refractivity contribution is -0.122. The number of thiazole rings is 1. The zero-order chi connectivity index (χ0) is 18.5. The van der Waals surface area contributed by atoms with Crippen LogP contribution in [0.4, 0.5) is 0 Å². The molecule has 26 heavy (non-hydrogen) atoms. The smallest absolute Gasteiger partial charge is 0.266 e. The minimum absolute atomic E-state index is 0.203. The van der Waals surface area contributed by atoms with Gasteiger partial charge in [-0.15, -0.1) is 0 Å². The maximum atomic E-state index is 12.7. The Hall–Kier alpha value is -1.91. The van der Waals surface area contributed by atoms with E-state index in [9.17, 15) is 13.2 Å². The number of carbonyl (C=O) groups excluding carboxylic acids is 1. The maximum Gasteiger partial charge on any atom is 0.266 e.